The molecule has 5 rings (SSSR count). The molecule has 376 valence electrons. The van der Waals surface area contributed by atoms with Gasteiger partial charge in [-0.25, -0.2) is 9.98 Å². The van der Waals surface area contributed by atoms with Gasteiger partial charge in [0.05, 0.1) is 74.4 Å². The summed E-state index contributed by atoms with van der Waals surface area (Å²) in [6.07, 6.45) is 0.523. The van der Waals surface area contributed by atoms with Gasteiger partial charge < -0.3 is 59.9 Å². The second-order valence-corrected chi connectivity index (χ2v) is 18.7. The van der Waals surface area contributed by atoms with Crippen LogP contribution in [0.4, 0.5) is 0 Å². The number of aliphatic hydroxyl groups excluding tert-OH is 1. The molecule has 0 spiro atoms. The number of carbonyl (C=O) groups is 6. The molecule has 0 aliphatic carbocycles. The standard InChI is InChI=1S/C48H66N8O12S/c1-32-43(69-31-53-32)34-8-6-33(7-9-34)26-52-45(61)40-25-37(57)28-56(40)47(63)39(48(2,3)4)27-51-41(58)29-67-21-20-66-19-18-65-17-16-64-15-10-50-42(59)30-68-38-23-35(44(49)60)22-36(24-38)46(62)55-13-11-54(5)12-14-55/h6-9,22-24,27,31,37,39-40,57H,10-21,25-26,28-30H2,1-5H3,(H2,49,60)(H,50,59)(H,52,61)/t37-,39?,40+/m1/s1. The lowest BCUT2D eigenvalue weighted by Gasteiger charge is -2.32. The molecule has 2 aliphatic rings. The molecule has 3 aromatic rings. The first kappa shape index (κ1) is 54.3. The average molecular weight is 979 g/mol. The summed E-state index contributed by atoms with van der Waals surface area (Å²) in [7, 11) is 1.98. The van der Waals surface area contributed by atoms with Crippen LogP contribution in [-0.2, 0) is 44.7 Å². The molecule has 6 amide bonds. The monoisotopic (exact) mass is 978 g/mol. The van der Waals surface area contributed by atoms with Crippen LogP contribution in [0.15, 0.2) is 53.0 Å². The molecule has 1 aromatic heterocycles. The maximum absolute atomic E-state index is 13.9. The van der Waals surface area contributed by atoms with Crippen molar-refractivity contribution in [1.82, 2.24) is 30.3 Å². The van der Waals surface area contributed by atoms with Crippen molar-refractivity contribution in [2.24, 2.45) is 22.1 Å². The minimum atomic E-state index is -0.880. The van der Waals surface area contributed by atoms with E-state index in [0.29, 0.717) is 26.3 Å². The number of primary amides is 1. The zero-order valence-corrected chi connectivity index (χ0v) is 40.9. The van der Waals surface area contributed by atoms with Crippen molar-refractivity contribution in [3.63, 3.8) is 0 Å². The molecule has 3 heterocycles. The number of nitrogens with one attached hydrogen (secondary N) is 2. The maximum Gasteiger partial charge on any atom is 0.271 e. The summed E-state index contributed by atoms with van der Waals surface area (Å²) in [5.41, 5.74) is 9.87. The first-order chi connectivity index (χ1) is 33.0. The fourth-order valence-corrected chi connectivity index (χ4v) is 8.23. The van der Waals surface area contributed by atoms with Crippen LogP contribution in [0.3, 0.4) is 0 Å². The average Bonchev–Trinajstić information content (AvgIpc) is 3.94. The van der Waals surface area contributed by atoms with Crippen LogP contribution in [0.1, 0.15) is 59.2 Å². The van der Waals surface area contributed by atoms with E-state index in [9.17, 15) is 33.9 Å². The summed E-state index contributed by atoms with van der Waals surface area (Å²) in [5, 5.41) is 16.1. The molecule has 0 saturated carbocycles. The number of likely N-dealkylation sites (N-methyl/N-ethyl adjacent to an activating group) is 1. The Morgan fingerprint density at radius 1 is 0.884 bits per heavy atom. The number of aromatic nitrogens is 1. The Morgan fingerprint density at radius 3 is 2.14 bits per heavy atom. The summed E-state index contributed by atoms with van der Waals surface area (Å²) >= 11 is 1.56. The second kappa shape index (κ2) is 26.9. The van der Waals surface area contributed by atoms with Crippen molar-refractivity contribution < 1.29 is 57.6 Å². The Labute approximate surface area is 406 Å². The van der Waals surface area contributed by atoms with Crippen LogP contribution in [0.2, 0.25) is 0 Å². The number of β-amino-alcohol motifs (C(OH)–C–C–N with tert-alkyl or cyclic N) is 1. The number of aliphatic hydroxyl groups is 1. The summed E-state index contributed by atoms with van der Waals surface area (Å²) in [4.78, 5) is 91.8. The first-order valence-corrected chi connectivity index (χ1v) is 23.8. The molecular formula is C48H66N8O12S. The zero-order valence-electron chi connectivity index (χ0n) is 40.1. The SMILES string of the molecule is Cc1ncsc1-c1ccc(CNC(=O)[C@@H]2C[C@@H](O)CN2C(=O)C(C=NC(=O)COCCOCCOCCOCCNC(=O)COc2cc(C(N)=O)cc(C(=O)N3CCN(C)CC3)c2)C(C)(C)C)cc1. The van der Waals surface area contributed by atoms with Crippen LogP contribution in [0, 0.1) is 18.3 Å². The highest BCUT2D eigenvalue weighted by Crippen LogP contribution is 2.31. The van der Waals surface area contributed by atoms with Gasteiger partial charge in [-0.3, -0.25) is 28.8 Å². The lowest BCUT2D eigenvalue weighted by molar-refractivity contribution is -0.142. The number of piperazine rings is 1. The van der Waals surface area contributed by atoms with E-state index < -0.39 is 47.1 Å². The molecule has 3 atom stereocenters. The van der Waals surface area contributed by atoms with E-state index in [1.807, 2.05) is 59.0 Å². The number of amides is 6. The number of rotatable bonds is 25. The topological polar surface area (TPSA) is 254 Å². The molecule has 21 heteroatoms. The Hall–Kier alpha value is -5.68. The molecule has 2 aliphatic heterocycles. The molecule has 1 unspecified atom stereocenters. The Kier molecular flexibility index (Phi) is 21.2. The van der Waals surface area contributed by atoms with Gasteiger partial charge in [0.2, 0.25) is 17.7 Å². The molecule has 69 heavy (non-hydrogen) atoms. The van der Waals surface area contributed by atoms with Crippen molar-refractivity contribution in [2.75, 3.05) is 106 Å². The van der Waals surface area contributed by atoms with E-state index in [2.05, 4.69) is 25.5 Å². The second-order valence-electron chi connectivity index (χ2n) is 17.8. The van der Waals surface area contributed by atoms with Gasteiger partial charge in [-0.1, -0.05) is 45.0 Å². The van der Waals surface area contributed by atoms with Gasteiger partial charge >= 0.3 is 0 Å². The van der Waals surface area contributed by atoms with Crippen LogP contribution in [0.25, 0.3) is 10.4 Å². The molecular weight excluding hydrogens is 913 g/mol. The third-order valence-corrected chi connectivity index (χ3v) is 12.3. The van der Waals surface area contributed by atoms with Gasteiger partial charge in [-0.2, -0.15) is 0 Å². The summed E-state index contributed by atoms with van der Waals surface area (Å²) in [5.74, 6) is -3.42. The summed E-state index contributed by atoms with van der Waals surface area (Å²) in [6.45, 7) is 11.6. The van der Waals surface area contributed by atoms with Gasteiger partial charge in [-0.05, 0) is 48.7 Å². The number of aryl methyl sites for hydroxylation is 1. The molecule has 5 N–H and O–H groups in total. The molecule has 2 saturated heterocycles. The van der Waals surface area contributed by atoms with E-state index in [4.69, 9.17) is 29.4 Å². The number of hydrogen-bond acceptors (Lipinski definition) is 15. The lowest BCUT2D eigenvalue weighted by atomic mass is 9.80. The van der Waals surface area contributed by atoms with Crippen LogP contribution in [-0.4, -0.2) is 184 Å². The number of aliphatic imine (C=N–C) groups is 1. The number of benzene rings is 2. The van der Waals surface area contributed by atoms with Gasteiger partial charge in [0.25, 0.3) is 17.7 Å². The van der Waals surface area contributed by atoms with E-state index in [-0.39, 0.29) is 101 Å². The fourth-order valence-electron chi connectivity index (χ4n) is 7.42. The van der Waals surface area contributed by atoms with Crippen molar-refractivity contribution >= 4 is 53.0 Å². The largest absolute Gasteiger partial charge is 0.484 e. The van der Waals surface area contributed by atoms with Crippen molar-refractivity contribution in [1.29, 1.82) is 0 Å². The zero-order chi connectivity index (χ0) is 49.9. The number of carbonyl (C=O) groups excluding carboxylic acids is 6. The predicted octanol–water partition coefficient (Wildman–Crippen LogP) is 1.70. The first-order valence-electron chi connectivity index (χ1n) is 23.0. The summed E-state index contributed by atoms with van der Waals surface area (Å²) < 4.78 is 27.5. The number of ether oxygens (including phenoxy) is 5. The molecule has 0 radical (unpaired) electrons. The van der Waals surface area contributed by atoms with Crippen LogP contribution < -0.4 is 21.1 Å². The highest BCUT2D eigenvalue weighted by atomic mass is 32.1. The number of likely N-dealkylation sites (tertiary alicyclic amines) is 1. The molecule has 0 bridgehead atoms. The van der Waals surface area contributed by atoms with E-state index in [0.717, 1.165) is 34.8 Å². The normalized spacial score (nSPS) is 17.0. The minimum absolute atomic E-state index is 0.0134. The lowest BCUT2D eigenvalue weighted by Crippen LogP contribution is -2.50. The van der Waals surface area contributed by atoms with Crippen LogP contribution in [0.5, 0.6) is 5.75 Å². The quantitative estimate of drug-likeness (QED) is 0.0697. The summed E-state index contributed by atoms with van der Waals surface area (Å²) in [6, 6.07) is 11.3. The van der Waals surface area contributed by atoms with Gasteiger partial charge in [0, 0.05) is 69.6 Å². The molecule has 2 aromatic carbocycles. The van der Waals surface area contributed by atoms with Crippen LogP contribution >= 0.6 is 11.3 Å². The highest BCUT2D eigenvalue weighted by Gasteiger charge is 2.43. The molecule has 2 fully saturated rings. The number of nitrogens with two attached hydrogens (primary N) is 1. The van der Waals surface area contributed by atoms with Crippen molar-refractivity contribution in [3.8, 4) is 16.2 Å². The highest BCUT2D eigenvalue weighted by molar-refractivity contribution is 7.13. The third kappa shape index (κ3) is 17.4. The van der Waals surface area contributed by atoms with E-state index >= 15 is 0 Å². The fraction of sp³-hybridized carbons (Fsp3) is 0.542. The van der Waals surface area contributed by atoms with Gasteiger partial charge in [0.15, 0.2) is 6.61 Å². The maximum atomic E-state index is 13.9. The van der Waals surface area contributed by atoms with Crippen molar-refractivity contribution in [3.05, 3.63) is 70.4 Å². The van der Waals surface area contributed by atoms with Crippen molar-refractivity contribution in [2.45, 2.75) is 52.8 Å². The predicted molar refractivity (Wildman–Crippen MR) is 257 cm³/mol. The van der Waals surface area contributed by atoms with E-state index in [1.54, 1.807) is 21.7 Å². The Bertz CT molecular complexity index is 2220. The molecule has 20 nitrogen and oxygen atoms in total. The Morgan fingerprint density at radius 2 is 1.52 bits per heavy atom. The number of thiazole rings is 1. The van der Waals surface area contributed by atoms with Gasteiger partial charge in [-0.15, -0.1) is 11.3 Å². The Balaban J connectivity index is 0.899. The minimum Gasteiger partial charge on any atom is -0.484 e. The third-order valence-electron chi connectivity index (χ3n) is 11.4. The smallest absolute Gasteiger partial charge is 0.271 e. The van der Waals surface area contributed by atoms with E-state index in [1.165, 1.54) is 29.3 Å². The number of nitrogens with zero attached hydrogens (tertiary/aromatic N) is 5. The number of hydrogen-bond donors (Lipinski definition) is 4. The van der Waals surface area contributed by atoms with Gasteiger partial charge in [0.1, 0.15) is 18.4 Å².